The molecule has 0 bridgehead atoms. The van der Waals surface area contributed by atoms with Gasteiger partial charge in [0.1, 0.15) is 0 Å². The van der Waals surface area contributed by atoms with Gasteiger partial charge in [0, 0.05) is 0 Å². The van der Waals surface area contributed by atoms with E-state index in [9.17, 15) is 0 Å². The molecule has 0 atom stereocenters. The monoisotopic (exact) mass is 570 g/mol. The molecule has 0 fully saturated rings. The molecule has 176 valence electrons. The minimum absolute atomic E-state index is 0. The number of hydrogen-bond acceptors (Lipinski definition) is 10. The number of rotatable bonds is 0. The van der Waals surface area contributed by atoms with Crippen LogP contribution in [0.5, 0.6) is 0 Å². The van der Waals surface area contributed by atoms with Crippen LogP contribution in [0.1, 0.15) is 0 Å². The molecule has 0 heterocycles. The molecule has 0 aliphatic rings. The van der Waals surface area contributed by atoms with Crippen molar-refractivity contribution >= 4 is 214 Å². The normalized spacial score (nSPS) is 6.67. The molecule has 0 spiro atoms. The topological polar surface area (TPSA) is 373 Å². The van der Waals surface area contributed by atoms with Gasteiger partial charge in [-0.05, 0) is 0 Å². The second kappa shape index (κ2) is 33.8. The van der Waals surface area contributed by atoms with Crippen LogP contribution in [0.2, 0.25) is 0 Å². The summed E-state index contributed by atoms with van der Waals surface area (Å²) in [4.78, 5) is 91.0. The summed E-state index contributed by atoms with van der Waals surface area (Å²) >= 11 is 0. The van der Waals surface area contributed by atoms with Crippen LogP contribution in [0, 0.1) is 0 Å². The summed E-state index contributed by atoms with van der Waals surface area (Å²) in [6.07, 6.45) is 0. The van der Waals surface area contributed by atoms with Crippen molar-refractivity contribution in [3.63, 3.8) is 0 Å². The van der Waals surface area contributed by atoms with E-state index in [2.05, 4.69) is 0 Å². The van der Waals surface area contributed by atoms with Crippen molar-refractivity contribution in [2.24, 2.45) is 0 Å². The maximum absolute atomic E-state index is 9.10. The molecule has 0 saturated heterocycles. The third-order valence-corrected chi connectivity index (χ3v) is 0.915. The number of carbonyl (C=O) groups is 10. The first-order chi connectivity index (χ1) is 13.2. The Morgan fingerprint density at radius 3 is 0.242 bits per heavy atom. The van der Waals surface area contributed by atoms with E-state index in [1.807, 2.05) is 0 Å². The van der Waals surface area contributed by atoms with E-state index >= 15 is 0 Å². The molecular weight excluding hydrogens is 557 g/mol. The Kier molecular flexibility index (Phi) is 55.1. The van der Waals surface area contributed by atoms with Crippen LogP contribution >= 0.6 is 0 Å². The fourth-order valence-electron chi connectivity index (χ4n) is 0. The SMILES string of the molecule is O=C(O)C(=O)O.O=C(O)C(=O)O.O=C(O)C(=O)O.O=C(O)C(=O)O.O=C(O)C(=O)O.[KH].[KH].[KH]. The number of carboxylic acids is 10. The van der Waals surface area contributed by atoms with E-state index in [-0.39, 0.29) is 154 Å². The van der Waals surface area contributed by atoms with Crippen LogP contribution in [0.3, 0.4) is 0 Å². The first-order valence-electron chi connectivity index (χ1n) is 5.53. The Hall–Kier alpha value is -0.391. The fourth-order valence-corrected chi connectivity index (χ4v) is 0. The van der Waals surface area contributed by atoms with E-state index in [1.165, 1.54) is 0 Å². The predicted octanol–water partition coefficient (Wildman–Crippen LogP) is -6.17. The van der Waals surface area contributed by atoms with Crippen LogP contribution < -0.4 is 0 Å². The summed E-state index contributed by atoms with van der Waals surface area (Å²) in [5, 5.41) is 73.9. The van der Waals surface area contributed by atoms with Crippen LogP contribution in [-0.2, 0) is 47.9 Å². The number of hydrogen-bond donors (Lipinski definition) is 10. The summed E-state index contributed by atoms with van der Waals surface area (Å²) in [6.45, 7) is 0. The average molecular weight is 570 g/mol. The van der Waals surface area contributed by atoms with E-state index in [1.54, 1.807) is 0 Å². The third kappa shape index (κ3) is 72.1. The Morgan fingerprint density at radius 2 is 0.242 bits per heavy atom. The van der Waals surface area contributed by atoms with Gasteiger partial charge < -0.3 is 51.1 Å². The van der Waals surface area contributed by atoms with Crippen molar-refractivity contribution in [1.29, 1.82) is 0 Å². The molecule has 0 unspecified atom stereocenters. The van der Waals surface area contributed by atoms with Gasteiger partial charge in [0.05, 0.1) is 0 Å². The van der Waals surface area contributed by atoms with Crippen molar-refractivity contribution in [3.8, 4) is 0 Å². The van der Waals surface area contributed by atoms with Gasteiger partial charge in [-0.3, -0.25) is 0 Å². The second-order valence-corrected chi connectivity index (χ2v) is 3.05. The van der Waals surface area contributed by atoms with Gasteiger partial charge in [-0.2, -0.15) is 0 Å². The minimum atomic E-state index is -1.82. The maximum atomic E-state index is 9.10. The van der Waals surface area contributed by atoms with Gasteiger partial charge in [0.25, 0.3) is 0 Å². The third-order valence-electron chi connectivity index (χ3n) is 0.915. The van der Waals surface area contributed by atoms with Gasteiger partial charge >= 0.3 is 214 Å². The summed E-state index contributed by atoms with van der Waals surface area (Å²) in [7, 11) is 0. The summed E-state index contributed by atoms with van der Waals surface area (Å²) in [6, 6.07) is 0. The van der Waals surface area contributed by atoms with Gasteiger partial charge in [0.2, 0.25) is 0 Å². The zero-order chi connectivity index (χ0) is 25.8. The Bertz CT molecular complexity index is 512. The summed E-state index contributed by atoms with van der Waals surface area (Å²) in [5.41, 5.74) is 0. The molecule has 10 N–H and O–H groups in total. The van der Waals surface area contributed by atoms with Crippen LogP contribution in [0.15, 0.2) is 0 Å². The number of aliphatic carboxylic acids is 10. The van der Waals surface area contributed by atoms with Crippen molar-refractivity contribution in [2.45, 2.75) is 0 Å². The van der Waals surface area contributed by atoms with Gasteiger partial charge in [0.15, 0.2) is 0 Å². The molecule has 0 amide bonds. The van der Waals surface area contributed by atoms with Gasteiger partial charge in [-0.1, -0.05) is 0 Å². The molecule has 0 rings (SSSR count). The first kappa shape index (κ1) is 53.8. The van der Waals surface area contributed by atoms with Crippen molar-refractivity contribution < 1.29 is 99.0 Å². The zero-order valence-corrected chi connectivity index (χ0v) is 13.6. The zero-order valence-electron chi connectivity index (χ0n) is 13.6. The Balaban J connectivity index is -0.0000000386. The van der Waals surface area contributed by atoms with Crippen LogP contribution in [-0.4, -0.2) is 265 Å². The molecule has 0 saturated carbocycles. The molecule has 20 nitrogen and oxygen atoms in total. The molecule has 0 aliphatic heterocycles. The van der Waals surface area contributed by atoms with E-state index < -0.39 is 59.7 Å². The summed E-state index contributed by atoms with van der Waals surface area (Å²) in [5.74, 6) is -18.2. The van der Waals surface area contributed by atoms with Gasteiger partial charge in [-0.15, -0.1) is 0 Å². The molecule has 0 aromatic heterocycles. The average Bonchev–Trinajstić information content (AvgIpc) is 2.56. The standard InChI is InChI=1S/5C2H2O4.3K.3H/c5*3-1(4)2(5)6;;;;;;/h5*(H,3,4)(H,5,6);;;;;;. The van der Waals surface area contributed by atoms with E-state index in [0.717, 1.165) is 0 Å². The summed E-state index contributed by atoms with van der Waals surface area (Å²) < 4.78 is 0. The van der Waals surface area contributed by atoms with E-state index in [0.29, 0.717) is 0 Å². The fraction of sp³-hybridized carbons (Fsp3) is 0. The number of carboxylic acid groups (broad SMARTS) is 10. The first-order valence-corrected chi connectivity index (χ1v) is 5.53. The van der Waals surface area contributed by atoms with Crippen molar-refractivity contribution in [1.82, 2.24) is 0 Å². The Labute approximate surface area is 306 Å². The molecule has 0 aliphatic carbocycles. The molecule has 0 radical (unpaired) electrons. The molecule has 33 heavy (non-hydrogen) atoms. The van der Waals surface area contributed by atoms with Crippen molar-refractivity contribution in [2.75, 3.05) is 0 Å². The van der Waals surface area contributed by atoms with E-state index in [4.69, 9.17) is 99.0 Å². The van der Waals surface area contributed by atoms with Crippen molar-refractivity contribution in [3.05, 3.63) is 0 Å². The predicted molar refractivity (Wildman–Crippen MR) is 97.8 cm³/mol. The van der Waals surface area contributed by atoms with Crippen LogP contribution in [0.4, 0.5) is 0 Å². The molecule has 23 heteroatoms. The quantitative estimate of drug-likeness (QED) is 0.0955. The Morgan fingerprint density at radius 1 is 0.212 bits per heavy atom. The molecular formula is C10H13K3O20. The second-order valence-electron chi connectivity index (χ2n) is 3.05. The van der Waals surface area contributed by atoms with Gasteiger partial charge in [-0.25, -0.2) is 47.9 Å². The molecule has 0 aromatic rings. The molecule has 0 aromatic carbocycles. The van der Waals surface area contributed by atoms with Crippen LogP contribution in [0.25, 0.3) is 0 Å².